The maximum absolute atomic E-state index is 9.62. The summed E-state index contributed by atoms with van der Waals surface area (Å²) in [5.74, 6) is 0.691. The molecule has 0 saturated carbocycles. The summed E-state index contributed by atoms with van der Waals surface area (Å²) in [6.07, 6.45) is 3.62. The number of aromatic hydroxyl groups is 1. The number of phenols is 1. The quantitative estimate of drug-likeness (QED) is 0.878. The second-order valence-corrected chi connectivity index (χ2v) is 4.66. The molecule has 0 bridgehead atoms. The van der Waals surface area contributed by atoms with Crippen LogP contribution in [0.1, 0.15) is 18.1 Å². The largest absolute Gasteiger partial charge is 0.504 e. The van der Waals surface area contributed by atoms with E-state index in [0.717, 1.165) is 25.2 Å². The molecule has 2 aromatic rings. The van der Waals surface area contributed by atoms with Gasteiger partial charge in [0.1, 0.15) is 0 Å². The molecule has 0 aliphatic heterocycles. The molecule has 0 aliphatic rings. The Morgan fingerprint density at radius 3 is 2.45 bits per heavy atom. The Kier molecular flexibility index (Phi) is 4.96. The monoisotopic (exact) mass is 272 g/mol. The van der Waals surface area contributed by atoms with E-state index in [-0.39, 0.29) is 5.75 Å². The van der Waals surface area contributed by atoms with Crippen LogP contribution in [0.5, 0.6) is 11.5 Å². The SMILES string of the molecule is CCN(Cc1ccncc1)Cc1ccc(O)c(OC)c1. The fourth-order valence-corrected chi connectivity index (χ4v) is 2.10. The van der Waals surface area contributed by atoms with Crippen molar-refractivity contribution in [2.24, 2.45) is 0 Å². The molecule has 1 N–H and O–H groups in total. The highest BCUT2D eigenvalue weighted by molar-refractivity contribution is 5.41. The second kappa shape index (κ2) is 6.91. The van der Waals surface area contributed by atoms with Crippen molar-refractivity contribution in [3.63, 3.8) is 0 Å². The molecule has 1 aromatic carbocycles. The van der Waals surface area contributed by atoms with Crippen molar-refractivity contribution < 1.29 is 9.84 Å². The van der Waals surface area contributed by atoms with Crippen molar-refractivity contribution in [3.05, 3.63) is 53.9 Å². The standard InChI is InChI=1S/C16H20N2O2/c1-3-18(11-13-6-8-17-9-7-13)12-14-4-5-15(19)16(10-14)20-2/h4-10,19H,3,11-12H2,1-2H3. The summed E-state index contributed by atoms with van der Waals surface area (Å²) in [4.78, 5) is 6.35. The third-order valence-electron chi connectivity index (χ3n) is 3.25. The number of rotatable bonds is 6. The zero-order chi connectivity index (χ0) is 14.4. The summed E-state index contributed by atoms with van der Waals surface area (Å²) in [5, 5.41) is 9.62. The number of pyridine rings is 1. The number of phenolic OH excluding ortho intramolecular Hbond substituents is 1. The van der Waals surface area contributed by atoms with Gasteiger partial charge in [-0.25, -0.2) is 0 Å². The minimum Gasteiger partial charge on any atom is -0.504 e. The molecule has 4 nitrogen and oxygen atoms in total. The Hall–Kier alpha value is -2.07. The lowest BCUT2D eigenvalue weighted by atomic mass is 10.1. The molecule has 0 amide bonds. The first-order chi connectivity index (χ1) is 9.72. The van der Waals surface area contributed by atoms with Crippen LogP contribution in [0.15, 0.2) is 42.7 Å². The molecular weight excluding hydrogens is 252 g/mol. The summed E-state index contributed by atoms with van der Waals surface area (Å²) in [7, 11) is 1.56. The molecule has 0 aliphatic carbocycles. The van der Waals surface area contributed by atoms with Crippen LogP contribution < -0.4 is 4.74 Å². The number of hydrogen-bond donors (Lipinski definition) is 1. The molecule has 0 spiro atoms. The van der Waals surface area contributed by atoms with Crippen LogP contribution in [0.25, 0.3) is 0 Å². The van der Waals surface area contributed by atoms with Gasteiger partial charge in [-0.1, -0.05) is 13.0 Å². The highest BCUT2D eigenvalue weighted by atomic mass is 16.5. The van der Waals surface area contributed by atoms with E-state index in [4.69, 9.17) is 4.74 Å². The van der Waals surface area contributed by atoms with Gasteiger partial charge < -0.3 is 9.84 Å². The van der Waals surface area contributed by atoms with Gasteiger partial charge in [-0.15, -0.1) is 0 Å². The van der Waals surface area contributed by atoms with Gasteiger partial charge in [-0.2, -0.15) is 0 Å². The molecule has 2 rings (SSSR count). The van der Waals surface area contributed by atoms with Crippen molar-refractivity contribution in [1.29, 1.82) is 0 Å². The molecule has 4 heteroatoms. The zero-order valence-electron chi connectivity index (χ0n) is 11.9. The maximum atomic E-state index is 9.62. The van der Waals surface area contributed by atoms with Gasteiger partial charge in [-0.05, 0) is 41.9 Å². The molecule has 20 heavy (non-hydrogen) atoms. The van der Waals surface area contributed by atoms with Gasteiger partial charge in [-0.3, -0.25) is 9.88 Å². The maximum Gasteiger partial charge on any atom is 0.160 e. The van der Waals surface area contributed by atoms with Crippen LogP contribution in [0.4, 0.5) is 0 Å². The predicted octanol–water partition coefficient (Wildman–Crippen LogP) is 2.82. The van der Waals surface area contributed by atoms with E-state index in [0.29, 0.717) is 5.75 Å². The lowest BCUT2D eigenvalue weighted by molar-refractivity contribution is 0.270. The first-order valence-corrected chi connectivity index (χ1v) is 6.70. The summed E-state index contributed by atoms with van der Waals surface area (Å²) in [6, 6.07) is 9.53. The number of methoxy groups -OCH3 is 1. The first kappa shape index (κ1) is 14.3. The van der Waals surface area contributed by atoms with E-state index >= 15 is 0 Å². The number of ether oxygens (including phenoxy) is 1. The third kappa shape index (κ3) is 3.71. The number of benzene rings is 1. The lowest BCUT2D eigenvalue weighted by Crippen LogP contribution is -2.22. The molecule has 0 radical (unpaired) electrons. The van der Waals surface area contributed by atoms with E-state index < -0.39 is 0 Å². The number of nitrogens with zero attached hydrogens (tertiary/aromatic N) is 2. The van der Waals surface area contributed by atoms with E-state index in [1.54, 1.807) is 13.2 Å². The number of aromatic nitrogens is 1. The second-order valence-electron chi connectivity index (χ2n) is 4.66. The fraction of sp³-hybridized carbons (Fsp3) is 0.312. The van der Waals surface area contributed by atoms with E-state index in [9.17, 15) is 5.11 Å². The zero-order valence-corrected chi connectivity index (χ0v) is 11.9. The van der Waals surface area contributed by atoms with Gasteiger partial charge >= 0.3 is 0 Å². The van der Waals surface area contributed by atoms with Crippen LogP contribution >= 0.6 is 0 Å². The van der Waals surface area contributed by atoms with Gasteiger partial charge in [0.15, 0.2) is 11.5 Å². The molecule has 1 heterocycles. The van der Waals surface area contributed by atoms with Crippen LogP contribution in [-0.2, 0) is 13.1 Å². The summed E-state index contributed by atoms with van der Waals surface area (Å²) in [6.45, 7) is 4.78. The third-order valence-corrected chi connectivity index (χ3v) is 3.25. The average molecular weight is 272 g/mol. The Morgan fingerprint density at radius 1 is 1.10 bits per heavy atom. The highest BCUT2D eigenvalue weighted by Gasteiger charge is 2.08. The molecule has 0 fully saturated rings. The minimum atomic E-state index is 0.174. The lowest BCUT2D eigenvalue weighted by Gasteiger charge is -2.21. The highest BCUT2D eigenvalue weighted by Crippen LogP contribution is 2.26. The van der Waals surface area contributed by atoms with Crippen molar-refractivity contribution in [2.75, 3.05) is 13.7 Å². The Labute approximate surface area is 119 Å². The van der Waals surface area contributed by atoms with Crippen molar-refractivity contribution in [1.82, 2.24) is 9.88 Å². The molecule has 0 atom stereocenters. The molecule has 106 valence electrons. The van der Waals surface area contributed by atoms with Gasteiger partial charge in [0.2, 0.25) is 0 Å². The molecule has 0 saturated heterocycles. The topological polar surface area (TPSA) is 45.6 Å². The van der Waals surface area contributed by atoms with Gasteiger partial charge in [0.05, 0.1) is 7.11 Å². The Balaban J connectivity index is 2.06. The Bertz CT molecular complexity index is 543. The summed E-state index contributed by atoms with van der Waals surface area (Å²) in [5.41, 5.74) is 2.36. The van der Waals surface area contributed by atoms with Crippen molar-refractivity contribution in [3.8, 4) is 11.5 Å². The number of hydrogen-bond acceptors (Lipinski definition) is 4. The van der Waals surface area contributed by atoms with E-state index in [1.165, 1.54) is 5.56 Å². The molecular formula is C16H20N2O2. The van der Waals surface area contributed by atoms with Crippen LogP contribution in [0.3, 0.4) is 0 Å². The first-order valence-electron chi connectivity index (χ1n) is 6.70. The smallest absolute Gasteiger partial charge is 0.160 e. The van der Waals surface area contributed by atoms with Crippen LogP contribution in [0.2, 0.25) is 0 Å². The summed E-state index contributed by atoms with van der Waals surface area (Å²) >= 11 is 0. The summed E-state index contributed by atoms with van der Waals surface area (Å²) < 4.78 is 5.14. The fourth-order valence-electron chi connectivity index (χ4n) is 2.10. The Morgan fingerprint density at radius 2 is 1.80 bits per heavy atom. The molecule has 0 unspecified atom stereocenters. The van der Waals surface area contributed by atoms with Crippen molar-refractivity contribution >= 4 is 0 Å². The van der Waals surface area contributed by atoms with Crippen LogP contribution in [0, 0.1) is 0 Å². The van der Waals surface area contributed by atoms with E-state index in [2.05, 4.69) is 16.8 Å². The minimum absolute atomic E-state index is 0.174. The molecule has 1 aromatic heterocycles. The van der Waals surface area contributed by atoms with Gasteiger partial charge in [0.25, 0.3) is 0 Å². The predicted molar refractivity (Wildman–Crippen MR) is 78.7 cm³/mol. The average Bonchev–Trinajstić information content (AvgIpc) is 2.49. The van der Waals surface area contributed by atoms with Gasteiger partial charge in [0, 0.05) is 25.5 Å². The van der Waals surface area contributed by atoms with Crippen LogP contribution in [-0.4, -0.2) is 28.6 Å². The van der Waals surface area contributed by atoms with Crippen molar-refractivity contribution in [2.45, 2.75) is 20.0 Å². The van der Waals surface area contributed by atoms with E-state index in [1.807, 2.05) is 36.7 Å². The normalized spacial score (nSPS) is 10.8.